The molecule has 0 fully saturated rings. The number of nitrogens with one attached hydrogen (secondary N) is 1. The van der Waals surface area contributed by atoms with Crippen molar-refractivity contribution in [2.75, 3.05) is 5.32 Å². The average Bonchev–Trinajstić information content (AvgIpc) is 2.47. The molecule has 0 unspecified atom stereocenters. The van der Waals surface area contributed by atoms with Gasteiger partial charge in [-0.05, 0) is 23.3 Å². The lowest BCUT2D eigenvalue weighted by Gasteiger charge is -2.08. The zero-order chi connectivity index (χ0) is 16.0. The van der Waals surface area contributed by atoms with Crippen LogP contribution in [0.4, 0.5) is 5.69 Å². The summed E-state index contributed by atoms with van der Waals surface area (Å²) >= 11 is 0. The Morgan fingerprint density at radius 3 is 2.27 bits per heavy atom. The van der Waals surface area contributed by atoms with Gasteiger partial charge in [0.15, 0.2) is 9.84 Å². The van der Waals surface area contributed by atoms with Crippen LogP contribution in [0.25, 0.3) is 0 Å². The number of hydrogen-bond acceptors (Lipinski definition) is 3. The van der Waals surface area contributed by atoms with Gasteiger partial charge in [0.2, 0.25) is 5.91 Å². The first-order chi connectivity index (χ1) is 10.5. The van der Waals surface area contributed by atoms with Crippen LogP contribution in [0.15, 0.2) is 54.6 Å². The average molecular weight is 317 g/mol. The summed E-state index contributed by atoms with van der Waals surface area (Å²) in [6.07, 6.45) is 0.385. The molecule has 0 saturated carbocycles. The second kappa shape index (κ2) is 7.22. The van der Waals surface area contributed by atoms with E-state index in [1.807, 2.05) is 18.2 Å². The Bertz CT molecular complexity index is 740. The first-order valence-electron chi connectivity index (χ1n) is 7.11. The molecule has 0 saturated heterocycles. The molecule has 2 aromatic rings. The summed E-state index contributed by atoms with van der Waals surface area (Å²) < 4.78 is 24.5. The highest BCUT2D eigenvalue weighted by molar-refractivity contribution is 7.89. The smallest absolute Gasteiger partial charge is 0.224 e. The minimum Gasteiger partial charge on any atom is -0.326 e. The molecule has 0 aromatic heterocycles. The SMILES string of the molecule is CCC(=O)Nc1cccc(CS(=O)(=O)Cc2ccccc2)c1. The predicted molar refractivity (Wildman–Crippen MR) is 88.1 cm³/mol. The summed E-state index contributed by atoms with van der Waals surface area (Å²) in [7, 11) is -3.25. The molecular formula is C17H19NO3S. The standard InChI is InChI=1S/C17H19NO3S/c1-2-17(19)18-16-10-6-9-15(11-16)13-22(20,21)12-14-7-4-3-5-8-14/h3-11H,2,12-13H2,1H3,(H,18,19). The largest absolute Gasteiger partial charge is 0.326 e. The molecule has 22 heavy (non-hydrogen) atoms. The number of carbonyl (C=O) groups excluding carboxylic acids is 1. The van der Waals surface area contributed by atoms with Gasteiger partial charge in [-0.3, -0.25) is 4.79 Å². The zero-order valence-electron chi connectivity index (χ0n) is 12.5. The quantitative estimate of drug-likeness (QED) is 0.890. The van der Waals surface area contributed by atoms with E-state index in [0.717, 1.165) is 5.56 Å². The second-order valence-corrected chi connectivity index (χ2v) is 7.18. The number of sulfone groups is 1. The van der Waals surface area contributed by atoms with Gasteiger partial charge < -0.3 is 5.32 Å². The van der Waals surface area contributed by atoms with Gasteiger partial charge in [-0.25, -0.2) is 8.42 Å². The van der Waals surface area contributed by atoms with Crippen LogP contribution >= 0.6 is 0 Å². The van der Waals surface area contributed by atoms with Gasteiger partial charge in [0.05, 0.1) is 11.5 Å². The van der Waals surface area contributed by atoms with E-state index in [0.29, 0.717) is 17.7 Å². The van der Waals surface area contributed by atoms with Gasteiger partial charge in [0, 0.05) is 12.1 Å². The highest BCUT2D eigenvalue weighted by Gasteiger charge is 2.13. The highest BCUT2D eigenvalue weighted by atomic mass is 32.2. The molecule has 1 N–H and O–H groups in total. The summed E-state index contributed by atoms with van der Waals surface area (Å²) in [6, 6.07) is 16.1. The van der Waals surface area contributed by atoms with E-state index in [9.17, 15) is 13.2 Å². The van der Waals surface area contributed by atoms with Crippen molar-refractivity contribution in [2.24, 2.45) is 0 Å². The Morgan fingerprint density at radius 2 is 1.59 bits per heavy atom. The number of carbonyl (C=O) groups is 1. The summed E-state index contributed by atoms with van der Waals surface area (Å²) in [5.74, 6) is -0.124. The summed E-state index contributed by atoms with van der Waals surface area (Å²) in [4.78, 5) is 11.4. The molecule has 4 nitrogen and oxygen atoms in total. The van der Waals surface area contributed by atoms with Gasteiger partial charge >= 0.3 is 0 Å². The van der Waals surface area contributed by atoms with E-state index in [2.05, 4.69) is 5.32 Å². The van der Waals surface area contributed by atoms with Crippen molar-refractivity contribution in [3.8, 4) is 0 Å². The molecule has 0 aliphatic carbocycles. The topological polar surface area (TPSA) is 63.2 Å². The second-order valence-electron chi connectivity index (χ2n) is 5.12. The molecule has 1 amide bonds. The molecule has 2 aromatic carbocycles. The van der Waals surface area contributed by atoms with Gasteiger partial charge in [-0.15, -0.1) is 0 Å². The Kier molecular flexibility index (Phi) is 5.33. The van der Waals surface area contributed by atoms with E-state index >= 15 is 0 Å². The van der Waals surface area contributed by atoms with E-state index in [4.69, 9.17) is 0 Å². The maximum Gasteiger partial charge on any atom is 0.224 e. The monoisotopic (exact) mass is 317 g/mol. The predicted octanol–water partition coefficient (Wildman–Crippen LogP) is 3.15. The number of anilines is 1. The molecule has 0 radical (unpaired) electrons. The Hall–Kier alpha value is -2.14. The molecule has 0 aliphatic heterocycles. The van der Waals surface area contributed by atoms with Crippen LogP contribution < -0.4 is 5.32 Å². The van der Waals surface area contributed by atoms with E-state index in [-0.39, 0.29) is 17.4 Å². The van der Waals surface area contributed by atoms with Crippen molar-refractivity contribution in [1.29, 1.82) is 0 Å². The fourth-order valence-electron chi connectivity index (χ4n) is 2.12. The van der Waals surface area contributed by atoms with E-state index < -0.39 is 9.84 Å². The Labute approximate surface area is 131 Å². The van der Waals surface area contributed by atoms with Crippen molar-refractivity contribution in [2.45, 2.75) is 24.9 Å². The lowest BCUT2D eigenvalue weighted by atomic mass is 10.2. The van der Waals surface area contributed by atoms with E-state index in [1.165, 1.54) is 0 Å². The Balaban J connectivity index is 2.09. The summed E-state index contributed by atoms with van der Waals surface area (Å²) in [6.45, 7) is 1.77. The lowest BCUT2D eigenvalue weighted by molar-refractivity contribution is -0.115. The van der Waals surface area contributed by atoms with Crippen molar-refractivity contribution >= 4 is 21.4 Å². The molecule has 5 heteroatoms. The molecule has 0 atom stereocenters. The lowest BCUT2D eigenvalue weighted by Crippen LogP contribution is -2.11. The Morgan fingerprint density at radius 1 is 0.955 bits per heavy atom. The summed E-state index contributed by atoms with van der Waals surface area (Å²) in [5, 5.41) is 2.73. The first-order valence-corrected chi connectivity index (χ1v) is 8.94. The maximum absolute atomic E-state index is 12.3. The highest BCUT2D eigenvalue weighted by Crippen LogP contribution is 2.16. The van der Waals surface area contributed by atoms with E-state index in [1.54, 1.807) is 43.3 Å². The number of hydrogen-bond donors (Lipinski definition) is 1. The molecular weight excluding hydrogens is 298 g/mol. The molecule has 0 heterocycles. The normalized spacial score (nSPS) is 11.1. The molecule has 0 aliphatic rings. The van der Waals surface area contributed by atoms with Crippen LogP contribution in [0.2, 0.25) is 0 Å². The fraction of sp³-hybridized carbons (Fsp3) is 0.235. The van der Waals surface area contributed by atoms with Crippen molar-refractivity contribution in [3.63, 3.8) is 0 Å². The molecule has 0 bridgehead atoms. The van der Waals surface area contributed by atoms with Crippen molar-refractivity contribution < 1.29 is 13.2 Å². The zero-order valence-corrected chi connectivity index (χ0v) is 13.3. The minimum atomic E-state index is -3.25. The van der Waals surface area contributed by atoms with Gasteiger partial charge in [0.25, 0.3) is 0 Å². The molecule has 116 valence electrons. The molecule has 2 rings (SSSR count). The van der Waals surface area contributed by atoms with Gasteiger partial charge in [0.1, 0.15) is 0 Å². The number of benzene rings is 2. The summed E-state index contributed by atoms with van der Waals surface area (Å²) in [5.41, 5.74) is 2.07. The van der Waals surface area contributed by atoms with Crippen LogP contribution in [0.3, 0.4) is 0 Å². The number of amides is 1. The third kappa shape index (κ3) is 5.00. The first kappa shape index (κ1) is 16.2. The van der Waals surface area contributed by atoms with Crippen LogP contribution in [-0.2, 0) is 26.1 Å². The third-order valence-electron chi connectivity index (χ3n) is 3.15. The van der Waals surface area contributed by atoms with Crippen LogP contribution in [0.5, 0.6) is 0 Å². The fourth-order valence-corrected chi connectivity index (χ4v) is 3.61. The number of rotatable bonds is 6. The minimum absolute atomic E-state index is 0.0133. The van der Waals surface area contributed by atoms with Crippen molar-refractivity contribution in [1.82, 2.24) is 0 Å². The third-order valence-corrected chi connectivity index (χ3v) is 4.69. The van der Waals surface area contributed by atoms with Crippen LogP contribution in [-0.4, -0.2) is 14.3 Å². The molecule has 0 spiro atoms. The maximum atomic E-state index is 12.3. The van der Waals surface area contributed by atoms with Gasteiger partial charge in [-0.2, -0.15) is 0 Å². The van der Waals surface area contributed by atoms with Crippen LogP contribution in [0, 0.1) is 0 Å². The van der Waals surface area contributed by atoms with Crippen LogP contribution in [0.1, 0.15) is 24.5 Å². The van der Waals surface area contributed by atoms with Crippen molar-refractivity contribution in [3.05, 3.63) is 65.7 Å². The van der Waals surface area contributed by atoms with Gasteiger partial charge in [-0.1, -0.05) is 49.4 Å².